The number of anilines is 1. The van der Waals surface area contributed by atoms with E-state index in [2.05, 4.69) is 20.3 Å². The average Bonchev–Trinajstić information content (AvgIpc) is 2.99. The van der Waals surface area contributed by atoms with Gasteiger partial charge >= 0.3 is 0 Å². The molecule has 1 saturated heterocycles. The molecule has 0 unspecified atom stereocenters. The van der Waals surface area contributed by atoms with Gasteiger partial charge in [-0.25, -0.2) is 23.4 Å². The minimum absolute atomic E-state index is 0.161. The van der Waals surface area contributed by atoms with Crippen molar-refractivity contribution in [1.82, 2.24) is 25.0 Å². The highest BCUT2D eigenvalue weighted by atomic mass is 19.3. The SMILES string of the molecule is CCn1nnc2c(N3CCC(F)(F)C3)nc(C(C)(C)C)nc21. The minimum atomic E-state index is -2.68. The fourth-order valence-electron chi connectivity index (χ4n) is 2.53. The summed E-state index contributed by atoms with van der Waals surface area (Å²) in [7, 11) is 0. The minimum Gasteiger partial charge on any atom is -0.348 e. The summed E-state index contributed by atoms with van der Waals surface area (Å²) in [5.74, 6) is -1.60. The van der Waals surface area contributed by atoms with Gasteiger partial charge in [-0.1, -0.05) is 26.0 Å². The summed E-state index contributed by atoms with van der Waals surface area (Å²) >= 11 is 0. The molecule has 1 aliphatic rings. The number of alkyl halides is 2. The number of aromatic nitrogens is 5. The van der Waals surface area contributed by atoms with Gasteiger partial charge in [0.05, 0.1) is 6.54 Å². The van der Waals surface area contributed by atoms with E-state index in [9.17, 15) is 8.78 Å². The van der Waals surface area contributed by atoms with Crippen LogP contribution in [0.5, 0.6) is 0 Å². The predicted molar refractivity (Wildman–Crippen MR) is 79.3 cm³/mol. The lowest BCUT2D eigenvalue weighted by Crippen LogP contribution is -2.27. The van der Waals surface area contributed by atoms with Crippen LogP contribution in [0.1, 0.15) is 39.9 Å². The highest BCUT2D eigenvalue weighted by molar-refractivity contribution is 5.83. The van der Waals surface area contributed by atoms with Crippen molar-refractivity contribution in [2.24, 2.45) is 0 Å². The van der Waals surface area contributed by atoms with Gasteiger partial charge in [-0.2, -0.15) is 0 Å². The van der Waals surface area contributed by atoms with Crippen LogP contribution in [0.2, 0.25) is 0 Å². The molecule has 2 aromatic heterocycles. The monoisotopic (exact) mass is 310 g/mol. The molecule has 1 aliphatic heterocycles. The summed E-state index contributed by atoms with van der Waals surface area (Å²) in [6.07, 6.45) is -0.161. The number of halogens is 2. The molecule has 0 aromatic carbocycles. The van der Waals surface area contributed by atoms with Crippen molar-refractivity contribution in [1.29, 1.82) is 0 Å². The third-order valence-electron chi connectivity index (χ3n) is 3.78. The molecule has 0 atom stereocenters. The van der Waals surface area contributed by atoms with Crippen LogP contribution in [-0.4, -0.2) is 44.0 Å². The van der Waals surface area contributed by atoms with Crippen LogP contribution < -0.4 is 4.90 Å². The average molecular weight is 310 g/mol. The quantitative estimate of drug-likeness (QED) is 0.852. The Morgan fingerprint density at radius 2 is 1.95 bits per heavy atom. The smallest absolute Gasteiger partial charge is 0.266 e. The van der Waals surface area contributed by atoms with Crippen LogP contribution in [0.15, 0.2) is 0 Å². The lowest BCUT2D eigenvalue weighted by Gasteiger charge is -2.22. The van der Waals surface area contributed by atoms with Crippen molar-refractivity contribution in [2.45, 2.75) is 52.0 Å². The third kappa shape index (κ3) is 2.50. The molecule has 0 bridgehead atoms. The summed E-state index contributed by atoms with van der Waals surface area (Å²) in [6, 6.07) is 0. The van der Waals surface area contributed by atoms with Crippen LogP contribution in [0.4, 0.5) is 14.6 Å². The fourth-order valence-corrected chi connectivity index (χ4v) is 2.53. The third-order valence-corrected chi connectivity index (χ3v) is 3.78. The Morgan fingerprint density at radius 1 is 1.23 bits per heavy atom. The van der Waals surface area contributed by atoms with Gasteiger partial charge in [0.1, 0.15) is 5.82 Å². The van der Waals surface area contributed by atoms with Crippen LogP contribution >= 0.6 is 0 Å². The first kappa shape index (κ1) is 15.1. The molecule has 3 heterocycles. The molecule has 120 valence electrons. The molecular formula is C14H20F2N6. The first-order chi connectivity index (χ1) is 10.2. The number of rotatable bonds is 2. The topological polar surface area (TPSA) is 59.7 Å². The number of hydrogen-bond acceptors (Lipinski definition) is 5. The molecule has 1 fully saturated rings. The number of fused-ring (bicyclic) bond motifs is 1. The van der Waals surface area contributed by atoms with Gasteiger partial charge in [0.2, 0.25) is 0 Å². The van der Waals surface area contributed by atoms with E-state index in [1.54, 1.807) is 9.58 Å². The van der Waals surface area contributed by atoms with Crippen molar-refractivity contribution in [3.05, 3.63) is 5.82 Å². The zero-order valence-electron chi connectivity index (χ0n) is 13.3. The Balaban J connectivity index is 2.17. The van der Waals surface area contributed by atoms with Gasteiger partial charge in [-0.05, 0) is 6.92 Å². The number of aryl methyl sites for hydroxylation is 1. The first-order valence-electron chi connectivity index (χ1n) is 7.46. The lowest BCUT2D eigenvalue weighted by atomic mass is 9.96. The van der Waals surface area contributed by atoms with Crippen molar-refractivity contribution in [2.75, 3.05) is 18.0 Å². The maximum absolute atomic E-state index is 13.6. The summed E-state index contributed by atoms with van der Waals surface area (Å²) < 4.78 is 28.8. The lowest BCUT2D eigenvalue weighted by molar-refractivity contribution is 0.0257. The van der Waals surface area contributed by atoms with E-state index < -0.39 is 5.92 Å². The summed E-state index contributed by atoms with van der Waals surface area (Å²) in [4.78, 5) is 10.7. The van der Waals surface area contributed by atoms with Crippen LogP contribution in [0, 0.1) is 0 Å². The van der Waals surface area contributed by atoms with E-state index in [-0.39, 0.29) is 24.9 Å². The second-order valence-electron chi connectivity index (χ2n) is 6.73. The Morgan fingerprint density at radius 3 is 2.50 bits per heavy atom. The van der Waals surface area contributed by atoms with Crippen LogP contribution in [0.3, 0.4) is 0 Å². The van der Waals surface area contributed by atoms with Gasteiger partial charge in [-0.3, -0.25) is 0 Å². The Bertz CT molecular complexity index is 703. The molecule has 0 saturated carbocycles. The van der Waals surface area contributed by atoms with Gasteiger partial charge in [0, 0.05) is 24.9 Å². The highest BCUT2D eigenvalue weighted by Gasteiger charge is 2.40. The molecule has 0 N–H and O–H groups in total. The van der Waals surface area contributed by atoms with Crippen LogP contribution in [0.25, 0.3) is 11.2 Å². The fraction of sp³-hybridized carbons (Fsp3) is 0.714. The Labute approximate surface area is 127 Å². The molecule has 6 nitrogen and oxygen atoms in total. The number of hydrogen-bond donors (Lipinski definition) is 0. The second-order valence-corrected chi connectivity index (χ2v) is 6.73. The summed E-state index contributed by atoms with van der Waals surface area (Å²) in [6.45, 7) is 8.48. The van der Waals surface area contributed by atoms with Gasteiger partial charge in [0.25, 0.3) is 5.92 Å². The maximum atomic E-state index is 13.6. The van der Waals surface area contributed by atoms with E-state index in [1.165, 1.54) is 0 Å². The van der Waals surface area contributed by atoms with Crippen molar-refractivity contribution in [3.8, 4) is 0 Å². The molecule has 0 spiro atoms. The zero-order valence-corrected chi connectivity index (χ0v) is 13.3. The molecule has 0 amide bonds. The normalized spacial score (nSPS) is 18.4. The van der Waals surface area contributed by atoms with Crippen molar-refractivity contribution >= 4 is 17.0 Å². The summed E-state index contributed by atoms with van der Waals surface area (Å²) in [5.41, 5.74) is 0.814. The van der Waals surface area contributed by atoms with E-state index >= 15 is 0 Å². The molecule has 8 heteroatoms. The van der Waals surface area contributed by atoms with E-state index in [1.807, 2.05) is 27.7 Å². The molecule has 0 radical (unpaired) electrons. The van der Waals surface area contributed by atoms with E-state index in [0.717, 1.165) is 0 Å². The predicted octanol–water partition coefficient (Wildman–Crippen LogP) is 2.38. The molecule has 2 aromatic rings. The largest absolute Gasteiger partial charge is 0.348 e. The van der Waals surface area contributed by atoms with Gasteiger partial charge < -0.3 is 4.90 Å². The highest BCUT2D eigenvalue weighted by Crippen LogP contribution is 2.33. The maximum Gasteiger partial charge on any atom is 0.266 e. The standard InChI is InChI=1S/C14H20F2N6/c1-5-22-11-9(19-20-22)10(17-12(18-11)13(2,3)4)21-7-6-14(15,16)8-21/h5-8H2,1-4H3. The Kier molecular flexibility index (Phi) is 3.30. The van der Waals surface area contributed by atoms with Crippen molar-refractivity contribution < 1.29 is 8.78 Å². The molecule has 22 heavy (non-hydrogen) atoms. The van der Waals surface area contributed by atoms with Crippen LogP contribution in [-0.2, 0) is 12.0 Å². The molecule has 0 aliphatic carbocycles. The second kappa shape index (κ2) is 4.82. The zero-order chi connectivity index (χ0) is 16.1. The van der Waals surface area contributed by atoms with Gasteiger partial charge in [-0.15, -0.1) is 5.10 Å². The Hall–Kier alpha value is -1.86. The molecule has 3 rings (SSSR count). The molecular weight excluding hydrogens is 290 g/mol. The van der Waals surface area contributed by atoms with Gasteiger partial charge in [0.15, 0.2) is 17.0 Å². The van der Waals surface area contributed by atoms with E-state index in [4.69, 9.17) is 0 Å². The number of nitrogens with zero attached hydrogens (tertiary/aromatic N) is 6. The van der Waals surface area contributed by atoms with Crippen molar-refractivity contribution in [3.63, 3.8) is 0 Å². The van der Waals surface area contributed by atoms with E-state index in [0.29, 0.717) is 29.4 Å². The first-order valence-corrected chi connectivity index (χ1v) is 7.46. The summed E-state index contributed by atoms with van der Waals surface area (Å²) in [5, 5.41) is 8.16.